The maximum Gasteiger partial charge on any atom is 0.253 e. The van der Waals surface area contributed by atoms with E-state index in [0.717, 1.165) is 45.0 Å². The minimum Gasteiger partial charge on any atom is -0.411 e. The van der Waals surface area contributed by atoms with Crippen LogP contribution in [0.4, 0.5) is 0 Å². The molecule has 2 aliphatic heterocycles. The van der Waals surface area contributed by atoms with Crippen molar-refractivity contribution >= 4 is 12.1 Å². The minimum atomic E-state index is 0.0620. The molecule has 0 spiro atoms. The molecule has 0 aromatic heterocycles. The van der Waals surface area contributed by atoms with Crippen LogP contribution in [0.2, 0.25) is 0 Å². The van der Waals surface area contributed by atoms with Crippen molar-refractivity contribution in [1.82, 2.24) is 9.80 Å². The van der Waals surface area contributed by atoms with E-state index in [-0.39, 0.29) is 5.91 Å². The molecule has 1 N–H and O–H groups in total. The van der Waals surface area contributed by atoms with Gasteiger partial charge in [0, 0.05) is 31.7 Å². The minimum absolute atomic E-state index is 0.0620. The third kappa shape index (κ3) is 3.06. The van der Waals surface area contributed by atoms with E-state index in [1.807, 2.05) is 4.90 Å². The summed E-state index contributed by atoms with van der Waals surface area (Å²) in [5.41, 5.74) is 1.44. The van der Waals surface area contributed by atoms with Gasteiger partial charge in [-0.15, -0.1) is 0 Å². The first-order valence-electron chi connectivity index (χ1n) is 7.16. The SMILES string of the molecule is O=C(c1ccc(/C=N/O)cc1)N1CCN(C2COC2)CC1. The molecule has 0 atom stereocenters. The Kier molecular flexibility index (Phi) is 4.17. The highest BCUT2D eigenvalue weighted by molar-refractivity contribution is 5.95. The van der Waals surface area contributed by atoms with E-state index in [2.05, 4.69) is 10.1 Å². The fourth-order valence-corrected chi connectivity index (χ4v) is 2.69. The Hall–Kier alpha value is -1.92. The van der Waals surface area contributed by atoms with Gasteiger partial charge < -0.3 is 14.8 Å². The number of carbonyl (C=O) groups is 1. The molecule has 2 fully saturated rings. The predicted octanol–water partition coefficient (Wildman–Crippen LogP) is 0.651. The third-order valence-corrected chi connectivity index (χ3v) is 4.10. The molecule has 2 saturated heterocycles. The van der Waals surface area contributed by atoms with Gasteiger partial charge in [0.15, 0.2) is 0 Å². The van der Waals surface area contributed by atoms with Crippen LogP contribution >= 0.6 is 0 Å². The highest BCUT2D eigenvalue weighted by Crippen LogP contribution is 2.15. The molecule has 2 aliphatic rings. The summed E-state index contributed by atoms with van der Waals surface area (Å²) in [4.78, 5) is 16.7. The van der Waals surface area contributed by atoms with Crippen LogP contribution in [0.1, 0.15) is 15.9 Å². The molecule has 0 saturated carbocycles. The number of nitrogens with zero attached hydrogens (tertiary/aromatic N) is 3. The van der Waals surface area contributed by atoms with Crippen molar-refractivity contribution in [2.45, 2.75) is 6.04 Å². The van der Waals surface area contributed by atoms with Gasteiger partial charge in [-0.25, -0.2) is 0 Å². The lowest BCUT2D eigenvalue weighted by Crippen LogP contribution is -2.57. The number of ether oxygens (including phenoxy) is 1. The Bertz CT molecular complexity index is 517. The molecule has 0 unspecified atom stereocenters. The van der Waals surface area contributed by atoms with Crippen LogP contribution in [0.3, 0.4) is 0 Å². The molecule has 0 bridgehead atoms. The summed E-state index contributed by atoms with van der Waals surface area (Å²) in [5, 5.41) is 11.5. The smallest absolute Gasteiger partial charge is 0.253 e. The van der Waals surface area contributed by atoms with Crippen LogP contribution in [-0.2, 0) is 4.74 Å². The maximum atomic E-state index is 12.4. The lowest BCUT2D eigenvalue weighted by atomic mass is 10.1. The van der Waals surface area contributed by atoms with Gasteiger partial charge in [0.1, 0.15) is 0 Å². The fourth-order valence-electron chi connectivity index (χ4n) is 2.69. The molecule has 1 aromatic rings. The topological polar surface area (TPSA) is 65.4 Å². The Labute approximate surface area is 123 Å². The normalized spacial score (nSPS) is 20.7. The summed E-state index contributed by atoms with van der Waals surface area (Å²) < 4.78 is 5.21. The van der Waals surface area contributed by atoms with Gasteiger partial charge in [-0.1, -0.05) is 17.3 Å². The quantitative estimate of drug-likeness (QED) is 0.504. The summed E-state index contributed by atoms with van der Waals surface area (Å²) in [6, 6.07) is 7.63. The second-order valence-electron chi connectivity index (χ2n) is 5.39. The van der Waals surface area contributed by atoms with Crippen molar-refractivity contribution in [1.29, 1.82) is 0 Å². The van der Waals surface area contributed by atoms with Gasteiger partial charge in [-0.3, -0.25) is 9.69 Å². The number of rotatable bonds is 3. The standard InChI is InChI=1S/C15H19N3O3/c19-15(13-3-1-12(2-4-13)9-16-20)18-7-5-17(6-8-18)14-10-21-11-14/h1-4,9,14,20H,5-8,10-11H2/b16-9+. The molecule has 1 aromatic carbocycles. The lowest BCUT2D eigenvalue weighted by molar-refractivity contribution is -0.0746. The molecular weight excluding hydrogens is 270 g/mol. The molecule has 0 aliphatic carbocycles. The molecule has 6 heteroatoms. The lowest BCUT2D eigenvalue weighted by Gasteiger charge is -2.42. The average molecular weight is 289 g/mol. The van der Waals surface area contributed by atoms with E-state index >= 15 is 0 Å². The van der Waals surface area contributed by atoms with Crippen molar-refractivity contribution in [3.63, 3.8) is 0 Å². The summed E-state index contributed by atoms with van der Waals surface area (Å²) in [7, 11) is 0. The van der Waals surface area contributed by atoms with E-state index in [1.165, 1.54) is 6.21 Å². The Morgan fingerprint density at radius 3 is 2.38 bits per heavy atom. The number of benzene rings is 1. The van der Waals surface area contributed by atoms with Gasteiger partial charge in [0.25, 0.3) is 5.91 Å². The van der Waals surface area contributed by atoms with E-state index < -0.39 is 0 Å². The fraction of sp³-hybridized carbons (Fsp3) is 0.467. The predicted molar refractivity (Wildman–Crippen MR) is 77.9 cm³/mol. The summed E-state index contributed by atoms with van der Waals surface area (Å²) >= 11 is 0. The first-order chi connectivity index (χ1) is 10.3. The highest BCUT2D eigenvalue weighted by atomic mass is 16.5. The second kappa shape index (κ2) is 6.24. The highest BCUT2D eigenvalue weighted by Gasteiger charge is 2.30. The Morgan fingerprint density at radius 1 is 1.19 bits per heavy atom. The van der Waals surface area contributed by atoms with E-state index in [1.54, 1.807) is 24.3 Å². The monoisotopic (exact) mass is 289 g/mol. The number of amides is 1. The van der Waals surface area contributed by atoms with Gasteiger partial charge in [0.2, 0.25) is 0 Å². The molecule has 21 heavy (non-hydrogen) atoms. The zero-order chi connectivity index (χ0) is 14.7. The number of piperazine rings is 1. The van der Waals surface area contributed by atoms with Crippen LogP contribution in [0, 0.1) is 0 Å². The van der Waals surface area contributed by atoms with Crippen LogP contribution in [0.15, 0.2) is 29.4 Å². The number of hydrogen-bond donors (Lipinski definition) is 1. The van der Waals surface area contributed by atoms with Crippen molar-refractivity contribution in [2.24, 2.45) is 5.16 Å². The van der Waals surface area contributed by atoms with Crippen LogP contribution in [-0.4, -0.2) is 72.6 Å². The van der Waals surface area contributed by atoms with Gasteiger partial charge in [0.05, 0.1) is 25.5 Å². The van der Waals surface area contributed by atoms with E-state index in [4.69, 9.17) is 9.94 Å². The first kappa shape index (κ1) is 14.0. The number of oxime groups is 1. The second-order valence-corrected chi connectivity index (χ2v) is 5.39. The molecule has 2 heterocycles. The van der Waals surface area contributed by atoms with E-state index in [0.29, 0.717) is 11.6 Å². The summed E-state index contributed by atoms with van der Waals surface area (Å²) in [5.74, 6) is 0.0620. The third-order valence-electron chi connectivity index (χ3n) is 4.10. The van der Waals surface area contributed by atoms with Gasteiger partial charge >= 0.3 is 0 Å². The molecule has 6 nitrogen and oxygen atoms in total. The average Bonchev–Trinajstić information content (AvgIpc) is 2.47. The van der Waals surface area contributed by atoms with Crippen LogP contribution in [0.25, 0.3) is 0 Å². The molecular formula is C15H19N3O3. The van der Waals surface area contributed by atoms with Crippen molar-refractivity contribution < 1.29 is 14.7 Å². The van der Waals surface area contributed by atoms with Crippen molar-refractivity contribution in [3.8, 4) is 0 Å². The molecule has 112 valence electrons. The zero-order valence-corrected chi connectivity index (χ0v) is 11.8. The zero-order valence-electron chi connectivity index (χ0n) is 11.8. The number of carbonyl (C=O) groups excluding carboxylic acids is 1. The van der Waals surface area contributed by atoms with E-state index in [9.17, 15) is 4.79 Å². The van der Waals surface area contributed by atoms with Crippen LogP contribution < -0.4 is 0 Å². The van der Waals surface area contributed by atoms with Gasteiger partial charge in [-0.2, -0.15) is 0 Å². The first-order valence-corrected chi connectivity index (χ1v) is 7.16. The van der Waals surface area contributed by atoms with Gasteiger partial charge in [-0.05, 0) is 17.7 Å². The Balaban J connectivity index is 1.58. The van der Waals surface area contributed by atoms with Crippen molar-refractivity contribution in [2.75, 3.05) is 39.4 Å². The molecule has 3 rings (SSSR count). The largest absolute Gasteiger partial charge is 0.411 e. The Morgan fingerprint density at radius 2 is 1.86 bits per heavy atom. The van der Waals surface area contributed by atoms with Crippen molar-refractivity contribution in [3.05, 3.63) is 35.4 Å². The molecule has 0 radical (unpaired) electrons. The molecule has 1 amide bonds. The summed E-state index contributed by atoms with van der Waals surface area (Å²) in [6.45, 7) is 4.98. The van der Waals surface area contributed by atoms with Crippen LogP contribution in [0.5, 0.6) is 0 Å². The number of hydrogen-bond acceptors (Lipinski definition) is 5. The maximum absolute atomic E-state index is 12.4. The summed E-state index contributed by atoms with van der Waals surface area (Å²) in [6.07, 6.45) is 1.34.